The Balaban J connectivity index is 2.27. The summed E-state index contributed by atoms with van der Waals surface area (Å²) in [6.07, 6.45) is 22.2. The van der Waals surface area contributed by atoms with Crippen LogP contribution in [0.2, 0.25) is 0 Å². The standard InChI is InChI=1S/C26H56N4/c1-5-7-9-11-13-14-16-18-23-30-25-26(20-19-21-28(3)4)24-29(27-30)22-17-15-12-10-8-6-2/h26-27H,5-25H2,1-4H3. The minimum Gasteiger partial charge on any atom is -0.309 e. The molecule has 0 spiro atoms. The van der Waals surface area contributed by atoms with E-state index in [1.165, 1.54) is 135 Å². The van der Waals surface area contributed by atoms with Gasteiger partial charge >= 0.3 is 0 Å². The van der Waals surface area contributed by atoms with Crippen LogP contribution in [0.4, 0.5) is 0 Å². The van der Waals surface area contributed by atoms with Gasteiger partial charge in [-0.05, 0) is 52.2 Å². The van der Waals surface area contributed by atoms with Crippen LogP contribution >= 0.6 is 0 Å². The summed E-state index contributed by atoms with van der Waals surface area (Å²) in [6, 6.07) is 0. The summed E-state index contributed by atoms with van der Waals surface area (Å²) < 4.78 is 0. The SMILES string of the molecule is CCCCCCCCCCN1CC(CCCN(C)C)CN(CCCCCCCC)N1. The van der Waals surface area contributed by atoms with Crippen LogP contribution in [0.3, 0.4) is 0 Å². The lowest BCUT2D eigenvalue weighted by Gasteiger charge is -2.41. The Morgan fingerprint density at radius 2 is 1.07 bits per heavy atom. The summed E-state index contributed by atoms with van der Waals surface area (Å²) in [5, 5.41) is 5.08. The maximum Gasteiger partial charge on any atom is 0.0185 e. The fourth-order valence-electron chi connectivity index (χ4n) is 4.64. The molecule has 1 unspecified atom stereocenters. The van der Waals surface area contributed by atoms with Crippen LogP contribution in [0.15, 0.2) is 0 Å². The second-order valence-electron chi connectivity index (χ2n) is 10.0. The van der Waals surface area contributed by atoms with Crippen LogP contribution < -0.4 is 5.53 Å². The Morgan fingerprint density at radius 1 is 0.633 bits per heavy atom. The average Bonchev–Trinajstić information content (AvgIpc) is 2.72. The van der Waals surface area contributed by atoms with Gasteiger partial charge in [-0.3, -0.25) is 0 Å². The third-order valence-corrected chi connectivity index (χ3v) is 6.52. The molecule has 1 aliphatic rings. The Kier molecular flexibility index (Phi) is 18.1. The van der Waals surface area contributed by atoms with Gasteiger partial charge in [0.25, 0.3) is 0 Å². The fraction of sp³-hybridized carbons (Fsp3) is 1.00. The lowest BCUT2D eigenvalue weighted by atomic mass is 10.0. The minimum absolute atomic E-state index is 0.820. The summed E-state index contributed by atoms with van der Waals surface area (Å²) >= 11 is 0. The Labute approximate surface area is 190 Å². The van der Waals surface area contributed by atoms with Gasteiger partial charge in [0.15, 0.2) is 0 Å². The first kappa shape index (κ1) is 27.9. The van der Waals surface area contributed by atoms with Gasteiger partial charge in [0.1, 0.15) is 0 Å². The molecule has 1 fully saturated rings. The summed E-state index contributed by atoms with van der Waals surface area (Å²) in [7, 11) is 4.39. The van der Waals surface area contributed by atoms with E-state index in [9.17, 15) is 0 Å². The molecule has 0 bridgehead atoms. The van der Waals surface area contributed by atoms with E-state index in [1.807, 2.05) is 0 Å². The van der Waals surface area contributed by atoms with Gasteiger partial charge in [0.2, 0.25) is 0 Å². The predicted octanol–water partition coefficient (Wildman–Crippen LogP) is 6.48. The lowest BCUT2D eigenvalue weighted by Crippen LogP contribution is -2.59. The molecule has 4 nitrogen and oxygen atoms in total. The first-order chi connectivity index (χ1) is 14.7. The van der Waals surface area contributed by atoms with E-state index in [0.717, 1.165) is 5.92 Å². The van der Waals surface area contributed by atoms with Crippen molar-refractivity contribution in [2.75, 3.05) is 46.8 Å². The third-order valence-electron chi connectivity index (χ3n) is 6.52. The smallest absolute Gasteiger partial charge is 0.0185 e. The molecule has 1 N–H and O–H groups in total. The van der Waals surface area contributed by atoms with Crippen LogP contribution in [-0.4, -0.2) is 61.7 Å². The molecular weight excluding hydrogens is 368 g/mol. The molecule has 0 saturated carbocycles. The molecular formula is C26H56N4. The van der Waals surface area contributed by atoms with E-state index in [0.29, 0.717) is 0 Å². The number of hydrogen-bond acceptors (Lipinski definition) is 4. The van der Waals surface area contributed by atoms with Gasteiger partial charge in [-0.2, -0.15) is 5.53 Å². The number of hydrogen-bond donors (Lipinski definition) is 1. The van der Waals surface area contributed by atoms with Crippen molar-refractivity contribution in [3.63, 3.8) is 0 Å². The highest BCUT2D eigenvalue weighted by Crippen LogP contribution is 2.17. The monoisotopic (exact) mass is 424 g/mol. The fourth-order valence-corrected chi connectivity index (χ4v) is 4.64. The molecule has 1 heterocycles. The molecule has 180 valence electrons. The molecule has 0 aromatic rings. The molecule has 0 aromatic heterocycles. The van der Waals surface area contributed by atoms with Crippen LogP contribution in [0.25, 0.3) is 0 Å². The van der Waals surface area contributed by atoms with E-state index in [-0.39, 0.29) is 0 Å². The molecule has 30 heavy (non-hydrogen) atoms. The summed E-state index contributed by atoms with van der Waals surface area (Å²) in [6.45, 7) is 10.7. The van der Waals surface area contributed by atoms with Crippen molar-refractivity contribution in [2.24, 2.45) is 5.92 Å². The number of rotatable bonds is 20. The van der Waals surface area contributed by atoms with E-state index in [4.69, 9.17) is 0 Å². The number of nitrogens with zero attached hydrogens (tertiary/aromatic N) is 3. The zero-order valence-corrected chi connectivity index (χ0v) is 21.3. The van der Waals surface area contributed by atoms with Gasteiger partial charge in [0.05, 0.1) is 0 Å². The van der Waals surface area contributed by atoms with E-state index < -0.39 is 0 Å². The summed E-state index contributed by atoms with van der Waals surface area (Å²) in [5.74, 6) is 0.820. The van der Waals surface area contributed by atoms with Crippen molar-refractivity contribution in [3.8, 4) is 0 Å². The zero-order chi connectivity index (χ0) is 21.9. The minimum atomic E-state index is 0.820. The summed E-state index contributed by atoms with van der Waals surface area (Å²) in [4.78, 5) is 2.33. The average molecular weight is 425 g/mol. The van der Waals surface area contributed by atoms with Crippen LogP contribution in [0, 0.1) is 5.92 Å². The van der Waals surface area contributed by atoms with Crippen molar-refractivity contribution in [1.29, 1.82) is 0 Å². The maximum atomic E-state index is 3.76. The largest absolute Gasteiger partial charge is 0.309 e. The molecule has 0 aromatic carbocycles. The topological polar surface area (TPSA) is 21.8 Å². The number of unbranched alkanes of at least 4 members (excludes halogenated alkanes) is 12. The molecule has 1 saturated heterocycles. The molecule has 0 aliphatic carbocycles. The van der Waals surface area contributed by atoms with E-state index in [1.54, 1.807) is 0 Å². The van der Waals surface area contributed by atoms with Gasteiger partial charge in [-0.1, -0.05) is 90.9 Å². The van der Waals surface area contributed by atoms with Gasteiger partial charge < -0.3 is 4.90 Å². The molecule has 0 amide bonds. The number of nitrogens with one attached hydrogen (secondary N) is 1. The second-order valence-corrected chi connectivity index (χ2v) is 10.0. The number of hydrazine groups is 2. The first-order valence-corrected chi connectivity index (χ1v) is 13.6. The third kappa shape index (κ3) is 15.6. The molecule has 1 atom stereocenters. The zero-order valence-electron chi connectivity index (χ0n) is 21.3. The molecule has 4 heteroatoms. The Bertz CT molecular complexity index is 361. The van der Waals surface area contributed by atoms with Crippen LogP contribution in [-0.2, 0) is 0 Å². The Hall–Kier alpha value is -0.160. The van der Waals surface area contributed by atoms with E-state index in [2.05, 4.69) is 48.4 Å². The molecule has 1 rings (SSSR count). The van der Waals surface area contributed by atoms with Crippen molar-refractivity contribution in [2.45, 2.75) is 117 Å². The molecule has 0 radical (unpaired) electrons. The van der Waals surface area contributed by atoms with E-state index >= 15 is 0 Å². The van der Waals surface area contributed by atoms with Crippen LogP contribution in [0.1, 0.15) is 117 Å². The van der Waals surface area contributed by atoms with Gasteiger partial charge in [0, 0.05) is 26.2 Å². The first-order valence-electron chi connectivity index (χ1n) is 13.6. The van der Waals surface area contributed by atoms with Crippen molar-refractivity contribution in [1.82, 2.24) is 20.5 Å². The summed E-state index contributed by atoms with van der Waals surface area (Å²) in [5.41, 5.74) is 3.76. The highest BCUT2D eigenvalue weighted by atomic mass is 15.8. The van der Waals surface area contributed by atoms with Crippen molar-refractivity contribution < 1.29 is 0 Å². The van der Waals surface area contributed by atoms with Crippen LogP contribution in [0.5, 0.6) is 0 Å². The lowest BCUT2D eigenvalue weighted by molar-refractivity contribution is -0.0472. The highest BCUT2D eigenvalue weighted by Gasteiger charge is 2.24. The predicted molar refractivity (Wildman–Crippen MR) is 134 cm³/mol. The Morgan fingerprint density at radius 3 is 1.50 bits per heavy atom. The quantitative estimate of drug-likeness (QED) is 0.226. The van der Waals surface area contributed by atoms with Gasteiger partial charge in [-0.15, -0.1) is 0 Å². The second kappa shape index (κ2) is 19.5. The van der Waals surface area contributed by atoms with Gasteiger partial charge in [-0.25, -0.2) is 10.0 Å². The van der Waals surface area contributed by atoms with Crippen molar-refractivity contribution >= 4 is 0 Å². The normalized spacial score (nSPS) is 18.5. The molecule has 1 aliphatic heterocycles. The maximum absolute atomic E-state index is 3.76. The van der Waals surface area contributed by atoms with Crippen molar-refractivity contribution in [3.05, 3.63) is 0 Å². The highest BCUT2D eigenvalue weighted by molar-refractivity contribution is 4.73.